The van der Waals surface area contributed by atoms with Gasteiger partial charge in [0, 0.05) is 41.6 Å². The van der Waals surface area contributed by atoms with Crippen LogP contribution >= 0.6 is 0 Å². The molecule has 1 unspecified atom stereocenters. The zero-order valence-corrected chi connectivity index (χ0v) is 31.2. The van der Waals surface area contributed by atoms with E-state index in [0.717, 1.165) is 50.8 Å². The van der Waals surface area contributed by atoms with Gasteiger partial charge in [0.05, 0.1) is 10.9 Å². The number of nitrogens with zero attached hydrogens (tertiary/aromatic N) is 1. The Balaban J connectivity index is 1.06. The van der Waals surface area contributed by atoms with E-state index in [4.69, 9.17) is 5.73 Å². The van der Waals surface area contributed by atoms with Crippen molar-refractivity contribution in [1.29, 1.82) is 0 Å². The van der Waals surface area contributed by atoms with E-state index in [9.17, 15) is 17.6 Å². The van der Waals surface area contributed by atoms with Crippen LogP contribution in [0.1, 0.15) is 80.8 Å². The molecule has 7 nitrogen and oxygen atoms in total. The van der Waals surface area contributed by atoms with Crippen LogP contribution in [0.25, 0.3) is 27.7 Å². The van der Waals surface area contributed by atoms with Crippen LogP contribution < -0.4 is 15.8 Å². The van der Waals surface area contributed by atoms with E-state index in [0.29, 0.717) is 25.7 Å². The topological polar surface area (TPSA) is 106 Å². The third-order valence-electron chi connectivity index (χ3n) is 10.7. The number of aryl methyl sites for hydroxylation is 1. The number of fused-ring (bicyclic) bond motifs is 1. The Morgan fingerprint density at radius 2 is 1.52 bits per heavy atom. The molecule has 0 aliphatic heterocycles. The molecule has 52 heavy (non-hydrogen) atoms. The van der Waals surface area contributed by atoms with E-state index in [1.54, 1.807) is 24.3 Å². The van der Waals surface area contributed by atoms with Gasteiger partial charge in [0.1, 0.15) is 5.82 Å². The molecule has 3 atom stereocenters. The van der Waals surface area contributed by atoms with Crippen LogP contribution in [-0.4, -0.2) is 24.9 Å². The molecule has 1 fully saturated rings. The first-order valence-corrected chi connectivity index (χ1v) is 19.6. The van der Waals surface area contributed by atoms with Crippen molar-refractivity contribution in [2.45, 2.75) is 75.9 Å². The smallest absolute Gasteiger partial charge is 0.240 e. The number of halogens is 1. The van der Waals surface area contributed by atoms with Crippen LogP contribution in [-0.2, 0) is 28.3 Å². The number of benzene rings is 4. The average Bonchev–Trinajstić information content (AvgIpc) is 3.47. The second kappa shape index (κ2) is 15.6. The Hall–Kier alpha value is -4.57. The Kier molecular flexibility index (Phi) is 11.1. The Bertz CT molecular complexity index is 2150. The molecule has 1 heterocycles. The van der Waals surface area contributed by atoms with Crippen molar-refractivity contribution in [3.63, 3.8) is 0 Å². The van der Waals surface area contributed by atoms with Crippen molar-refractivity contribution in [2.75, 3.05) is 0 Å². The monoisotopic (exact) mass is 720 g/mol. The lowest BCUT2D eigenvalue weighted by molar-refractivity contribution is -0.126. The number of carbonyl (C=O) groups is 1. The van der Waals surface area contributed by atoms with E-state index in [2.05, 4.69) is 78.1 Å². The van der Waals surface area contributed by atoms with Crippen LogP contribution in [0.4, 0.5) is 4.39 Å². The van der Waals surface area contributed by atoms with Gasteiger partial charge in [-0.2, -0.15) is 0 Å². The summed E-state index contributed by atoms with van der Waals surface area (Å²) in [7, 11) is -1.82. The molecule has 0 radical (unpaired) electrons. The summed E-state index contributed by atoms with van der Waals surface area (Å²) < 4.78 is 45.3. The Labute approximate surface area is 307 Å². The molecular weight excluding hydrogens is 672 g/mol. The highest BCUT2D eigenvalue weighted by atomic mass is 32.2. The van der Waals surface area contributed by atoms with Gasteiger partial charge in [-0.15, -0.1) is 0 Å². The Morgan fingerprint density at radius 1 is 0.885 bits per heavy atom. The van der Waals surface area contributed by atoms with Crippen molar-refractivity contribution in [3.8, 4) is 11.3 Å². The average molecular weight is 721 g/mol. The second-order valence-corrected chi connectivity index (χ2v) is 16.2. The largest absolute Gasteiger partial charge is 0.349 e. The number of allylic oxidation sites excluding steroid dienone is 1. The summed E-state index contributed by atoms with van der Waals surface area (Å²) >= 11 is 0. The molecule has 6 rings (SSSR count). The molecule has 272 valence electrons. The lowest BCUT2D eigenvalue weighted by Gasteiger charge is -2.29. The fourth-order valence-electron chi connectivity index (χ4n) is 7.25. The van der Waals surface area contributed by atoms with Crippen LogP contribution in [0.3, 0.4) is 0 Å². The zero-order chi connectivity index (χ0) is 37.2. The molecule has 1 amide bonds. The van der Waals surface area contributed by atoms with E-state index >= 15 is 0 Å². The Morgan fingerprint density at radius 3 is 2.15 bits per heavy atom. The molecule has 4 N–H and O–H groups in total. The predicted octanol–water partition coefficient (Wildman–Crippen LogP) is 8.61. The van der Waals surface area contributed by atoms with E-state index in [1.165, 1.54) is 17.7 Å². The first kappa shape index (κ1) is 37.2. The van der Waals surface area contributed by atoms with Gasteiger partial charge in [0.15, 0.2) is 0 Å². The van der Waals surface area contributed by atoms with Crippen molar-refractivity contribution < 1.29 is 17.6 Å². The van der Waals surface area contributed by atoms with Gasteiger partial charge in [-0.25, -0.2) is 17.5 Å². The van der Waals surface area contributed by atoms with Gasteiger partial charge in [-0.3, -0.25) is 4.79 Å². The number of nitrogens with one attached hydrogen (secondary N) is 2. The summed E-state index contributed by atoms with van der Waals surface area (Å²) in [4.78, 5) is 13.2. The van der Waals surface area contributed by atoms with Crippen molar-refractivity contribution in [3.05, 3.63) is 132 Å². The third-order valence-corrected chi connectivity index (χ3v) is 12.2. The zero-order valence-electron chi connectivity index (χ0n) is 30.4. The molecule has 4 aromatic carbocycles. The number of amides is 1. The summed E-state index contributed by atoms with van der Waals surface area (Å²) in [6.45, 7) is 10.4. The molecule has 1 aliphatic carbocycles. The second-order valence-electron chi connectivity index (χ2n) is 14.5. The standard InChI is InChI=1S/C43H49FN4O3S/c1-27(28(2)32-10-12-33(13-11-32)29(3)45)24-31-6-8-35(9-7-31)41-25-37-18-23-40(26-42(37)48(41)5)52(50,51)47-39-21-16-36(17-22-39)43(49)46-30(4)34-14-19-38(44)20-15-34/h6-15,18-20,23,25-27,29-30,36,39,47H,2,16-17,21-22,24,45H2,1,3-5H3,(H,46,49)/t27?,29-,30-,36?,39?/m1/s1. The van der Waals surface area contributed by atoms with Crippen LogP contribution in [0.5, 0.6) is 0 Å². The van der Waals surface area contributed by atoms with Crippen molar-refractivity contribution in [2.24, 2.45) is 24.6 Å². The first-order chi connectivity index (χ1) is 24.8. The van der Waals surface area contributed by atoms with Crippen LogP contribution in [0.2, 0.25) is 0 Å². The normalized spacial score (nSPS) is 18.1. The lowest BCUT2D eigenvalue weighted by atomic mass is 9.85. The van der Waals surface area contributed by atoms with E-state index < -0.39 is 10.0 Å². The van der Waals surface area contributed by atoms with Crippen LogP contribution in [0, 0.1) is 17.7 Å². The van der Waals surface area contributed by atoms with Gasteiger partial charge < -0.3 is 15.6 Å². The third kappa shape index (κ3) is 8.38. The fraction of sp³-hybridized carbons (Fsp3) is 0.326. The number of sulfonamides is 1. The minimum Gasteiger partial charge on any atom is -0.349 e. The SMILES string of the molecule is C=C(c1ccc([C@@H](C)N)cc1)C(C)Cc1ccc(-c2cc3ccc(S(=O)(=O)NC4CCC(C(=O)N[C@H](C)c5ccc(F)cc5)CC4)cc3n2C)cc1. The summed E-state index contributed by atoms with van der Waals surface area (Å²) in [6, 6.07) is 29.9. The van der Waals surface area contributed by atoms with Gasteiger partial charge in [-0.05, 0) is 116 Å². The number of nitrogens with two attached hydrogens (primary N) is 1. The summed E-state index contributed by atoms with van der Waals surface area (Å²) in [5.41, 5.74) is 14.3. The molecule has 0 saturated heterocycles. The maximum Gasteiger partial charge on any atom is 0.240 e. The molecule has 5 aromatic rings. The number of carbonyl (C=O) groups excluding carboxylic acids is 1. The van der Waals surface area contributed by atoms with Gasteiger partial charge in [-0.1, -0.05) is 80.2 Å². The number of aromatic nitrogens is 1. The number of rotatable bonds is 12. The van der Waals surface area contributed by atoms with Gasteiger partial charge >= 0.3 is 0 Å². The molecule has 1 aliphatic rings. The quantitative estimate of drug-likeness (QED) is 0.120. The highest BCUT2D eigenvalue weighted by molar-refractivity contribution is 7.89. The van der Waals surface area contributed by atoms with Gasteiger partial charge in [0.25, 0.3) is 0 Å². The minimum absolute atomic E-state index is 0.00314. The van der Waals surface area contributed by atoms with E-state index in [-0.39, 0.29) is 46.6 Å². The fourth-order valence-corrected chi connectivity index (χ4v) is 8.58. The molecule has 0 spiro atoms. The van der Waals surface area contributed by atoms with E-state index in [1.807, 2.05) is 31.5 Å². The summed E-state index contributed by atoms with van der Waals surface area (Å²) in [6.07, 6.45) is 3.18. The lowest BCUT2D eigenvalue weighted by Crippen LogP contribution is -2.41. The molecule has 0 bridgehead atoms. The summed E-state index contributed by atoms with van der Waals surface area (Å²) in [5.74, 6) is -0.306. The number of hydrogen-bond donors (Lipinski definition) is 3. The molecule has 9 heteroatoms. The molecule has 1 aromatic heterocycles. The van der Waals surface area contributed by atoms with Gasteiger partial charge in [0.2, 0.25) is 15.9 Å². The minimum atomic E-state index is -3.78. The summed E-state index contributed by atoms with van der Waals surface area (Å²) in [5, 5.41) is 3.99. The highest BCUT2D eigenvalue weighted by Gasteiger charge is 2.30. The maximum absolute atomic E-state index is 13.5. The van der Waals surface area contributed by atoms with Crippen molar-refractivity contribution >= 4 is 32.4 Å². The first-order valence-electron chi connectivity index (χ1n) is 18.1. The number of hydrogen-bond acceptors (Lipinski definition) is 4. The maximum atomic E-state index is 13.5. The predicted molar refractivity (Wildman–Crippen MR) is 208 cm³/mol. The molecule has 1 saturated carbocycles. The van der Waals surface area contributed by atoms with Crippen LogP contribution in [0.15, 0.2) is 109 Å². The molecular formula is C43H49FN4O3S. The van der Waals surface area contributed by atoms with Crippen molar-refractivity contribution in [1.82, 2.24) is 14.6 Å². The highest BCUT2D eigenvalue weighted by Crippen LogP contribution is 2.32.